The molecule has 0 saturated carbocycles. The van der Waals surface area contributed by atoms with E-state index in [1.165, 1.54) is 18.2 Å². The number of aromatic nitrogens is 1. The lowest BCUT2D eigenvalue weighted by molar-refractivity contribution is -0.274. The molecule has 1 aliphatic heterocycles. The van der Waals surface area contributed by atoms with Gasteiger partial charge in [-0.05, 0) is 18.2 Å². The van der Waals surface area contributed by atoms with E-state index in [9.17, 15) is 18.0 Å². The first-order valence-electron chi connectivity index (χ1n) is 9.34. The number of hydrogen-bond donors (Lipinski definition) is 1. The number of hydrogen-bond acceptors (Lipinski definition) is 5. The molecular weight excluding hydrogens is 385 g/mol. The Morgan fingerprint density at radius 3 is 2.41 bits per heavy atom. The van der Waals surface area contributed by atoms with Crippen LogP contribution in [0.5, 0.6) is 5.75 Å². The summed E-state index contributed by atoms with van der Waals surface area (Å²) >= 11 is 0. The molecule has 1 fully saturated rings. The van der Waals surface area contributed by atoms with Gasteiger partial charge in [-0.25, -0.2) is 0 Å². The average Bonchev–Trinajstić information content (AvgIpc) is 2.68. The molecule has 1 N–H and O–H groups in total. The Morgan fingerprint density at radius 2 is 1.72 bits per heavy atom. The summed E-state index contributed by atoms with van der Waals surface area (Å²) in [5.41, 5.74) is 1.29. The molecule has 0 bridgehead atoms. The van der Waals surface area contributed by atoms with E-state index in [1.54, 1.807) is 12.3 Å². The largest absolute Gasteiger partial charge is 0.573 e. The zero-order chi connectivity index (χ0) is 20.7. The molecule has 0 spiro atoms. The molecule has 1 amide bonds. The van der Waals surface area contributed by atoms with Gasteiger partial charge in [0.05, 0.1) is 12.2 Å². The molecule has 0 atom stereocenters. The number of para-hydroxylation sites is 1. The summed E-state index contributed by atoms with van der Waals surface area (Å²) in [7, 11) is 0. The van der Waals surface area contributed by atoms with E-state index in [-0.39, 0.29) is 30.3 Å². The van der Waals surface area contributed by atoms with E-state index in [1.807, 2.05) is 23.1 Å². The highest BCUT2D eigenvalue weighted by Crippen LogP contribution is 2.26. The molecule has 1 aromatic heterocycles. The van der Waals surface area contributed by atoms with Gasteiger partial charge in [0.2, 0.25) is 5.91 Å². The Labute approximate surface area is 167 Å². The van der Waals surface area contributed by atoms with Gasteiger partial charge in [-0.2, -0.15) is 0 Å². The number of nitrogens with zero attached hydrogens (tertiary/aromatic N) is 3. The van der Waals surface area contributed by atoms with Crippen LogP contribution in [0, 0.1) is 0 Å². The SMILES string of the molecule is O=C(CN1CCN(Cc2ccccn2)CC1)NCc1ccccc1OC(F)(F)F. The molecule has 1 saturated heterocycles. The van der Waals surface area contributed by atoms with Crippen molar-refractivity contribution in [3.63, 3.8) is 0 Å². The van der Waals surface area contributed by atoms with Crippen LogP contribution in [-0.2, 0) is 17.9 Å². The van der Waals surface area contributed by atoms with Gasteiger partial charge in [0.25, 0.3) is 0 Å². The van der Waals surface area contributed by atoms with E-state index < -0.39 is 6.36 Å². The van der Waals surface area contributed by atoms with Crippen molar-refractivity contribution in [3.8, 4) is 5.75 Å². The van der Waals surface area contributed by atoms with Gasteiger partial charge in [-0.1, -0.05) is 24.3 Å². The zero-order valence-electron chi connectivity index (χ0n) is 15.9. The summed E-state index contributed by atoms with van der Waals surface area (Å²) < 4.78 is 41.4. The third kappa shape index (κ3) is 7.03. The monoisotopic (exact) mass is 408 g/mol. The number of benzene rings is 1. The van der Waals surface area contributed by atoms with Crippen molar-refractivity contribution < 1.29 is 22.7 Å². The number of halogens is 3. The van der Waals surface area contributed by atoms with Crippen LogP contribution >= 0.6 is 0 Å². The summed E-state index contributed by atoms with van der Waals surface area (Å²) in [6.45, 7) is 4.10. The van der Waals surface area contributed by atoms with Gasteiger partial charge in [-0.3, -0.25) is 19.6 Å². The van der Waals surface area contributed by atoms with Crippen LogP contribution in [-0.4, -0.2) is 59.8 Å². The fourth-order valence-corrected chi connectivity index (χ4v) is 3.15. The third-order valence-corrected chi connectivity index (χ3v) is 4.62. The topological polar surface area (TPSA) is 57.7 Å². The minimum absolute atomic E-state index is 0.0231. The van der Waals surface area contributed by atoms with E-state index in [0.29, 0.717) is 0 Å². The molecule has 2 heterocycles. The van der Waals surface area contributed by atoms with Crippen molar-refractivity contribution in [2.75, 3.05) is 32.7 Å². The normalized spacial score (nSPS) is 15.8. The molecule has 2 aromatic rings. The number of carbonyl (C=O) groups excluding carboxylic acids is 1. The minimum atomic E-state index is -4.77. The molecule has 156 valence electrons. The van der Waals surface area contributed by atoms with Crippen LogP contribution in [0.25, 0.3) is 0 Å². The van der Waals surface area contributed by atoms with Gasteiger partial charge in [0, 0.05) is 51.0 Å². The van der Waals surface area contributed by atoms with Crippen LogP contribution in [0.4, 0.5) is 13.2 Å². The Kier molecular flexibility index (Phi) is 7.05. The third-order valence-electron chi connectivity index (χ3n) is 4.62. The van der Waals surface area contributed by atoms with E-state index in [4.69, 9.17) is 0 Å². The van der Waals surface area contributed by atoms with Crippen LogP contribution in [0.1, 0.15) is 11.3 Å². The summed E-state index contributed by atoms with van der Waals surface area (Å²) in [6.07, 6.45) is -3.00. The van der Waals surface area contributed by atoms with Crippen molar-refractivity contribution in [1.29, 1.82) is 0 Å². The Bertz CT molecular complexity index is 794. The Morgan fingerprint density at radius 1 is 1.03 bits per heavy atom. The zero-order valence-corrected chi connectivity index (χ0v) is 15.9. The van der Waals surface area contributed by atoms with Gasteiger partial charge in [0.1, 0.15) is 5.75 Å². The Balaban J connectivity index is 1.42. The molecule has 0 unspecified atom stereocenters. The number of nitrogens with one attached hydrogen (secondary N) is 1. The minimum Gasteiger partial charge on any atom is -0.405 e. The first-order valence-corrected chi connectivity index (χ1v) is 9.34. The van der Waals surface area contributed by atoms with Crippen molar-refractivity contribution in [3.05, 3.63) is 59.9 Å². The van der Waals surface area contributed by atoms with Gasteiger partial charge < -0.3 is 10.1 Å². The molecule has 0 aliphatic carbocycles. The summed E-state index contributed by atoms with van der Waals surface area (Å²) in [5.74, 6) is -0.534. The second-order valence-electron chi connectivity index (χ2n) is 6.81. The second kappa shape index (κ2) is 9.71. The molecule has 29 heavy (non-hydrogen) atoms. The van der Waals surface area contributed by atoms with Crippen molar-refractivity contribution in [2.24, 2.45) is 0 Å². The predicted molar refractivity (Wildman–Crippen MR) is 101 cm³/mol. The molecule has 6 nitrogen and oxygen atoms in total. The van der Waals surface area contributed by atoms with Gasteiger partial charge in [0.15, 0.2) is 0 Å². The lowest BCUT2D eigenvalue weighted by Gasteiger charge is -2.34. The molecule has 0 radical (unpaired) electrons. The first-order chi connectivity index (χ1) is 13.9. The maximum Gasteiger partial charge on any atom is 0.573 e. The second-order valence-corrected chi connectivity index (χ2v) is 6.81. The molecule has 1 aliphatic rings. The molecule has 3 rings (SSSR count). The van der Waals surface area contributed by atoms with E-state index in [2.05, 4.69) is 19.9 Å². The number of alkyl halides is 3. The fourth-order valence-electron chi connectivity index (χ4n) is 3.15. The van der Waals surface area contributed by atoms with Crippen LogP contribution < -0.4 is 10.1 Å². The number of pyridine rings is 1. The highest BCUT2D eigenvalue weighted by molar-refractivity contribution is 5.78. The van der Waals surface area contributed by atoms with E-state index in [0.717, 1.165) is 38.4 Å². The van der Waals surface area contributed by atoms with Crippen LogP contribution in [0.3, 0.4) is 0 Å². The summed E-state index contributed by atoms with van der Waals surface area (Å²) in [4.78, 5) is 20.8. The fraction of sp³-hybridized carbons (Fsp3) is 0.400. The number of piperazine rings is 1. The molecule has 9 heteroatoms. The highest BCUT2D eigenvalue weighted by Gasteiger charge is 2.32. The number of carbonyl (C=O) groups is 1. The van der Waals surface area contributed by atoms with Gasteiger partial charge >= 0.3 is 6.36 Å². The molecular formula is C20H23F3N4O2. The standard InChI is InChI=1S/C20H23F3N4O2/c21-20(22,23)29-18-7-2-1-5-16(18)13-25-19(28)15-27-11-9-26(10-12-27)14-17-6-3-4-8-24-17/h1-8H,9-15H2,(H,25,28). The summed E-state index contributed by atoms with van der Waals surface area (Å²) in [6, 6.07) is 11.6. The smallest absolute Gasteiger partial charge is 0.405 e. The lowest BCUT2D eigenvalue weighted by atomic mass is 10.2. The van der Waals surface area contributed by atoms with Crippen molar-refractivity contribution in [2.45, 2.75) is 19.5 Å². The lowest BCUT2D eigenvalue weighted by Crippen LogP contribution is -2.49. The average molecular weight is 408 g/mol. The maximum absolute atomic E-state index is 12.5. The summed E-state index contributed by atoms with van der Waals surface area (Å²) in [5, 5.41) is 2.67. The predicted octanol–water partition coefficient (Wildman–Crippen LogP) is 2.41. The maximum atomic E-state index is 12.5. The van der Waals surface area contributed by atoms with Crippen molar-refractivity contribution in [1.82, 2.24) is 20.1 Å². The molecule has 1 aromatic carbocycles. The van der Waals surface area contributed by atoms with Crippen LogP contribution in [0.2, 0.25) is 0 Å². The number of rotatable bonds is 7. The van der Waals surface area contributed by atoms with E-state index >= 15 is 0 Å². The van der Waals surface area contributed by atoms with Crippen LogP contribution in [0.15, 0.2) is 48.7 Å². The highest BCUT2D eigenvalue weighted by atomic mass is 19.4. The van der Waals surface area contributed by atoms with Crippen molar-refractivity contribution >= 4 is 5.91 Å². The quantitative estimate of drug-likeness (QED) is 0.763. The van der Waals surface area contributed by atoms with Gasteiger partial charge in [-0.15, -0.1) is 13.2 Å². The number of amides is 1. The first kappa shape index (κ1) is 21.1. The Hall–Kier alpha value is -2.65. The number of ether oxygens (including phenoxy) is 1.